The van der Waals surface area contributed by atoms with Gasteiger partial charge in [0, 0.05) is 30.6 Å². The van der Waals surface area contributed by atoms with E-state index in [4.69, 9.17) is 9.47 Å². The van der Waals surface area contributed by atoms with Crippen molar-refractivity contribution >= 4 is 15.9 Å². The number of ether oxygens (including phenoxy) is 2. The summed E-state index contributed by atoms with van der Waals surface area (Å²) in [6, 6.07) is 11.9. The Balaban J connectivity index is 1.52. The Labute approximate surface area is 183 Å². The summed E-state index contributed by atoms with van der Waals surface area (Å²) >= 11 is 0. The van der Waals surface area contributed by atoms with Crippen LogP contribution < -0.4 is 10.1 Å². The topological polar surface area (TPSA) is 84.9 Å². The highest BCUT2D eigenvalue weighted by molar-refractivity contribution is 7.89. The van der Waals surface area contributed by atoms with Crippen LogP contribution in [0.15, 0.2) is 47.4 Å². The van der Waals surface area contributed by atoms with Crippen LogP contribution in [0.4, 0.5) is 0 Å². The van der Waals surface area contributed by atoms with Crippen molar-refractivity contribution in [2.24, 2.45) is 0 Å². The molecule has 0 radical (unpaired) electrons. The maximum atomic E-state index is 13.0. The van der Waals surface area contributed by atoms with Gasteiger partial charge >= 0.3 is 0 Å². The van der Waals surface area contributed by atoms with Gasteiger partial charge in [-0.25, -0.2) is 8.42 Å². The van der Waals surface area contributed by atoms with E-state index in [1.807, 2.05) is 39.0 Å². The molecule has 1 N–H and O–H groups in total. The summed E-state index contributed by atoms with van der Waals surface area (Å²) in [6.07, 6.45) is 0.638. The first kappa shape index (κ1) is 21.8. The van der Waals surface area contributed by atoms with Crippen LogP contribution in [0.3, 0.4) is 0 Å². The number of hydrogen-bond donors (Lipinski definition) is 1. The second kappa shape index (κ2) is 8.26. The number of hydrogen-bond acceptors (Lipinski definition) is 5. The number of sulfonamides is 1. The SMILES string of the molecule is Cc1ccc2c(c1)C(NC(=O)c1ccc(S(=O)(=O)N3CCOCC3)cc1)CC(C)(C)O2. The predicted octanol–water partition coefficient (Wildman–Crippen LogP) is 3.05. The van der Waals surface area contributed by atoms with E-state index < -0.39 is 15.6 Å². The molecule has 0 spiro atoms. The fourth-order valence-electron chi connectivity index (χ4n) is 4.06. The molecule has 7 nitrogen and oxygen atoms in total. The van der Waals surface area contributed by atoms with Gasteiger partial charge in [-0.05, 0) is 51.1 Å². The van der Waals surface area contributed by atoms with Gasteiger partial charge in [-0.2, -0.15) is 4.31 Å². The molecule has 1 fully saturated rings. The molecular weight excluding hydrogens is 416 g/mol. The average molecular weight is 445 g/mol. The molecule has 2 heterocycles. The lowest BCUT2D eigenvalue weighted by atomic mass is 9.88. The Bertz CT molecular complexity index is 1070. The number of carbonyl (C=O) groups is 1. The summed E-state index contributed by atoms with van der Waals surface area (Å²) in [5.74, 6) is 0.532. The number of nitrogens with zero attached hydrogens (tertiary/aromatic N) is 1. The molecule has 166 valence electrons. The van der Waals surface area contributed by atoms with Gasteiger partial charge in [-0.3, -0.25) is 4.79 Å². The van der Waals surface area contributed by atoms with E-state index in [-0.39, 0.29) is 16.8 Å². The molecule has 1 unspecified atom stereocenters. The van der Waals surface area contributed by atoms with Crippen molar-refractivity contribution in [3.63, 3.8) is 0 Å². The molecular formula is C23H28N2O5S. The lowest BCUT2D eigenvalue weighted by Gasteiger charge is -2.38. The minimum atomic E-state index is -3.59. The second-order valence-corrected chi connectivity index (χ2v) is 10.6. The second-order valence-electron chi connectivity index (χ2n) is 8.67. The standard InChI is InChI=1S/C23H28N2O5S/c1-16-4-9-21-19(14-16)20(15-23(2,3)30-21)24-22(26)17-5-7-18(8-6-17)31(27,28)25-10-12-29-13-11-25/h4-9,14,20H,10-13,15H2,1-3H3,(H,24,26). The van der Waals surface area contributed by atoms with Gasteiger partial charge in [0.25, 0.3) is 5.91 Å². The molecule has 2 aromatic rings. The summed E-state index contributed by atoms with van der Waals surface area (Å²) in [4.78, 5) is 13.1. The fraction of sp³-hybridized carbons (Fsp3) is 0.435. The summed E-state index contributed by atoms with van der Waals surface area (Å²) in [5, 5.41) is 3.10. The van der Waals surface area contributed by atoms with Crippen molar-refractivity contribution in [3.05, 3.63) is 59.2 Å². The number of fused-ring (bicyclic) bond motifs is 1. The highest BCUT2D eigenvalue weighted by Crippen LogP contribution is 2.40. The van der Waals surface area contributed by atoms with Crippen LogP contribution >= 0.6 is 0 Å². The van der Waals surface area contributed by atoms with E-state index in [9.17, 15) is 13.2 Å². The van der Waals surface area contributed by atoms with Crippen LogP contribution in [0, 0.1) is 6.92 Å². The molecule has 1 amide bonds. The molecule has 0 aliphatic carbocycles. The highest BCUT2D eigenvalue weighted by Gasteiger charge is 2.35. The Morgan fingerprint density at radius 2 is 1.77 bits per heavy atom. The minimum Gasteiger partial charge on any atom is -0.487 e. The maximum absolute atomic E-state index is 13.0. The number of carbonyl (C=O) groups excluding carboxylic acids is 1. The lowest BCUT2D eigenvalue weighted by molar-refractivity contribution is 0.0619. The van der Waals surface area contributed by atoms with Gasteiger partial charge in [-0.1, -0.05) is 17.7 Å². The first-order valence-corrected chi connectivity index (χ1v) is 11.9. The summed E-state index contributed by atoms with van der Waals surface area (Å²) in [6.45, 7) is 7.46. The third-order valence-corrected chi connectivity index (χ3v) is 7.57. The molecule has 1 saturated heterocycles. The number of morpholine rings is 1. The summed E-state index contributed by atoms with van der Waals surface area (Å²) < 4.78 is 38.3. The van der Waals surface area contributed by atoms with E-state index in [0.717, 1.165) is 16.9 Å². The van der Waals surface area contributed by atoms with Gasteiger partial charge in [0.15, 0.2) is 0 Å². The van der Waals surface area contributed by atoms with Gasteiger partial charge in [0.2, 0.25) is 10.0 Å². The summed E-state index contributed by atoms with van der Waals surface area (Å²) in [5.41, 5.74) is 2.06. The van der Waals surface area contributed by atoms with Gasteiger partial charge in [0.05, 0.1) is 24.2 Å². The third kappa shape index (κ3) is 4.61. The van der Waals surface area contributed by atoms with Crippen molar-refractivity contribution in [3.8, 4) is 5.75 Å². The molecule has 0 saturated carbocycles. The number of nitrogens with one attached hydrogen (secondary N) is 1. The Kier molecular flexibility index (Phi) is 5.81. The molecule has 2 aliphatic heterocycles. The van der Waals surface area contributed by atoms with E-state index >= 15 is 0 Å². The van der Waals surface area contributed by atoms with Crippen LogP contribution in [0.25, 0.3) is 0 Å². The molecule has 0 bridgehead atoms. The van der Waals surface area contributed by atoms with Crippen LogP contribution in [0.5, 0.6) is 5.75 Å². The number of amides is 1. The third-order valence-electron chi connectivity index (χ3n) is 5.65. The zero-order valence-electron chi connectivity index (χ0n) is 18.1. The first-order valence-electron chi connectivity index (χ1n) is 10.4. The molecule has 1 atom stereocenters. The Hall–Kier alpha value is -2.42. The minimum absolute atomic E-state index is 0.180. The molecule has 4 rings (SSSR count). The monoisotopic (exact) mass is 444 g/mol. The van der Waals surface area contributed by atoms with Gasteiger partial charge < -0.3 is 14.8 Å². The van der Waals surface area contributed by atoms with E-state index in [2.05, 4.69) is 5.32 Å². The number of benzene rings is 2. The summed E-state index contributed by atoms with van der Waals surface area (Å²) in [7, 11) is -3.59. The quantitative estimate of drug-likeness (QED) is 0.784. The molecule has 31 heavy (non-hydrogen) atoms. The van der Waals surface area contributed by atoms with E-state index in [1.54, 1.807) is 12.1 Å². The smallest absolute Gasteiger partial charge is 0.251 e. The first-order chi connectivity index (χ1) is 14.7. The van der Waals surface area contributed by atoms with Crippen LogP contribution in [-0.4, -0.2) is 50.5 Å². The Morgan fingerprint density at radius 1 is 1.10 bits per heavy atom. The maximum Gasteiger partial charge on any atom is 0.251 e. The predicted molar refractivity (Wildman–Crippen MR) is 117 cm³/mol. The molecule has 2 aromatic carbocycles. The number of rotatable bonds is 4. The van der Waals surface area contributed by atoms with Crippen molar-refractivity contribution in [2.75, 3.05) is 26.3 Å². The lowest BCUT2D eigenvalue weighted by Crippen LogP contribution is -2.41. The zero-order chi connectivity index (χ0) is 22.2. The van der Waals surface area contributed by atoms with Crippen LogP contribution in [-0.2, 0) is 14.8 Å². The molecule has 2 aliphatic rings. The van der Waals surface area contributed by atoms with Crippen molar-refractivity contribution < 1.29 is 22.7 Å². The van der Waals surface area contributed by atoms with Crippen LogP contribution in [0.1, 0.15) is 47.8 Å². The van der Waals surface area contributed by atoms with E-state index in [1.165, 1.54) is 16.4 Å². The van der Waals surface area contributed by atoms with Gasteiger partial charge in [-0.15, -0.1) is 0 Å². The Morgan fingerprint density at radius 3 is 2.45 bits per heavy atom. The van der Waals surface area contributed by atoms with E-state index in [0.29, 0.717) is 38.3 Å². The molecule has 0 aromatic heterocycles. The fourth-order valence-corrected chi connectivity index (χ4v) is 5.47. The number of aryl methyl sites for hydroxylation is 1. The highest BCUT2D eigenvalue weighted by atomic mass is 32.2. The van der Waals surface area contributed by atoms with Crippen LogP contribution in [0.2, 0.25) is 0 Å². The van der Waals surface area contributed by atoms with Crippen molar-refractivity contribution in [1.82, 2.24) is 9.62 Å². The van der Waals surface area contributed by atoms with Gasteiger partial charge in [0.1, 0.15) is 11.4 Å². The normalized spacial score (nSPS) is 21.1. The average Bonchev–Trinajstić information content (AvgIpc) is 2.74. The zero-order valence-corrected chi connectivity index (χ0v) is 18.9. The van der Waals surface area contributed by atoms with Crippen molar-refractivity contribution in [2.45, 2.75) is 43.7 Å². The largest absolute Gasteiger partial charge is 0.487 e. The molecule has 8 heteroatoms. The van der Waals surface area contributed by atoms with Crippen molar-refractivity contribution in [1.29, 1.82) is 0 Å².